The molecule has 1 N–H and O–H groups in total. The van der Waals surface area contributed by atoms with Crippen molar-refractivity contribution in [1.82, 2.24) is 0 Å². The molecule has 1 aromatic heterocycles. The first kappa shape index (κ1) is 22.3. The first-order valence-corrected chi connectivity index (χ1v) is 12.9. The van der Waals surface area contributed by atoms with Crippen LogP contribution in [0, 0.1) is 33.8 Å². The molecule has 35 heavy (non-hydrogen) atoms. The zero-order chi connectivity index (χ0) is 24.2. The molecule has 2 aromatic carbocycles. The predicted octanol–water partition coefficient (Wildman–Crippen LogP) is 5.69. The van der Waals surface area contributed by atoms with Crippen LogP contribution in [0.1, 0.15) is 67.2 Å². The van der Waals surface area contributed by atoms with Crippen molar-refractivity contribution in [1.29, 1.82) is 5.26 Å². The van der Waals surface area contributed by atoms with Crippen LogP contribution in [-0.2, 0) is 12.8 Å². The summed E-state index contributed by atoms with van der Waals surface area (Å²) in [5.74, 6) is 1.72. The molecule has 0 radical (unpaired) electrons. The number of hydrogen-bond acceptors (Lipinski definition) is 3. The highest BCUT2D eigenvalue weighted by Crippen LogP contribution is 2.64. The number of pyridine rings is 1. The first-order valence-electron chi connectivity index (χ1n) is 12.9. The Hall–Kier alpha value is -3.16. The molecule has 0 amide bonds. The fraction of sp³-hybridized carbons (Fsp3) is 0.419. The van der Waals surface area contributed by atoms with Gasteiger partial charge in [-0.2, -0.15) is 9.99 Å². The number of rotatable bonds is 3. The van der Waals surface area contributed by atoms with Gasteiger partial charge in [-0.05, 0) is 102 Å². The van der Waals surface area contributed by atoms with Gasteiger partial charge in [-0.15, -0.1) is 0 Å². The van der Waals surface area contributed by atoms with Crippen LogP contribution in [0.5, 0.6) is 0 Å². The summed E-state index contributed by atoms with van der Waals surface area (Å²) in [6.45, 7) is 2.35. The van der Waals surface area contributed by atoms with Crippen LogP contribution in [0.4, 0.5) is 0 Å². The number of hydrogen-bond donors (Lipinski definition) is 1. The van der Waals surface area contributed by atoms with Gasteiger partial charge in [-0.3, -0.25) is 0 Å². The fourth-order valence-electron chi connectivity index (χ4n) is 7.81. The Morgan fingerprint density at radius 1 is 1.00 bits per heavy atom. The van der Waals surface area contributed by atoms with E-state index in [-0.39, 0.29) is 5.41 Å². The summed E-state index contributed by atoms with van der Waals surface area (Å²) < 4.78 is 0.799. The van der Waals surface area contributed by atoms with Crippen molar-refractivity contribution in [2.75, 3.05) is 0 Å². The molecule has 6 rings (SSSR count). The number of fused-ring (bicyclic) bond motifs is 5. The third kappa shape index (κ3) is 3.56. The normalized spacial score (nSPS) is 31.2. The molecule has 2 saturated carbocycles. The van der Waals surface area contributed by atoms with Crippen LogP contribution in [0.2, 0.25) is 0 Å². The molecular formula is C31H32N2O2. The van der Waals surface area contributed by atoms with Crippen LogP contribution in [0.15, 0.2) is 67.0 Å². The molecule has 3 aliphatic rings. The molecule has 4 heteroatoms. The Balaban J connectivity index is 1.22. The van der Waals surface area contributed by atoms with E-state index in [1.165, 1.54) is 29.1 Å². The van der Waals surface area contributed by atoms with Crippen LogP contribution >= 0.6 is 0 Å². The molecule has 178 valence electrons. The lowest BCUT2D eigenvalue weighted by Crippen LogP contribution is -2.51. The van der Waals surface area contributed by atoms with Crippen molar-refractivity contribution >= 4 is 0 Å². The molecule has 0 aliphatic heterocycles. The molecule has 0 unspecified atom stereocenters. The van der Waals surface area contributed by atoms with Gasteiger partial charge in [0.05, 0.1) is 17.2 Å². The molecule has 3 aromatic rings. The number of aryl methyl sites for hydroxylation is 1. The summed E-state index contributed by atoms with van der Waals surface area (Å²) in [5, 5.41) is 32.7. The number of benzene rings is 2. The lowest BCUT2D eigenvalue weighted by Gasteiger charge is -2.53. The zero-order valence-electron chi connectivity index (χ0n) is 20.3. The minimum atomic E-state index is -0.685. The maximum atomic E-state index is 12.1. The van der Waals surface area contributed by atoms with Crippen LogP contribution in [0.3, 0.4) is 0 Å². The van der Waals surface area contributed by atoms with Crippen LogP contribution in [-0.4, -0.2) is 10.7 Å². The quantitative estimate of drug-likeness (QED) is 0.400. The van der Waals surface area contributed by atoms with Crippen LogP contribution in [0.25, 0.3) is 11.1 Å². The first-order chi connectivity index (χ1) is 16.9. The van der Waals surface area contributed by atoms with E-state index in [2.05, 4.69) is 49.4 Å². The molecular weight excluding hydrogens is 432 g/mol. The Bertz CT molecular complexity index is 1290. The third-order valence-electron chi connectivity index (χ3n) is 9.76. The summed E-state index contributed by atoms with van der Waals surface area (Å²) in [6, 6.07) is 20.7. The van der Waals surface area contributed by atoms with E-state index in [4.69, 9.17) is 0 Å². The van der Waals surface area contributed by atoms with Crippen LogP contribution < -0.4 is 4.73 Å². The lowest BCUT2D eigenvalue weighted by molar-refractivity contribution is -0.605. The van der Waals surface area contributed by atoms with Crippen molar-refractivity contribution in [2.45, 2.75) is 63.4 Å². The highest BCUT2D eigenvalue weighted by atomic mass is 16.5. The van der Waals surface area contributed by atoms with Gasteiger partial charge in [0, 0.05) is 18.6 Å². The van der Waals surface area contributed by atoms with Gasteiger partial charge in [0.25, 0.3) is 0 Å². The standard InChI is InChI=1S/C31H32N2O2/c1-30-14-10-27-26-8-4-22(20-32)18-25(26)7-9-28(27)29(30)11-15-31(30,34)19-21-2-5-23(6-3-21)24-12-16-33(35)17-13-24/h2-6,8,12-13,16-18,27-29,34H,7,9-11,14-15,19H2,1H3/t27-,28-,29+,30+,31-/m1/s1. The Morgan fingerprint density at radius 2 is 1.74 bits per heavy atom. The molecule has 5 atom stereocenters. The molecule has 0 spiro atoms. The predicted molar refractivity (Wildman–Crippen MR) is 135 cm³/mol. The van der Waals surface area contributed by atoms with E-state index >= 15 is 0 Å². The third-order valence-corrected chi connectivity index (χ3v) is 9.76. The average Bonchev–Trinajstić information content (AvgIpc) is 3.14. The van der Waals surface area contributed by atoms with Crippen molar-refractivity contribution in [3.63, 3.8) is 0 Å². The summed E-state index contributed by atoms with van der Waals surface area (Å²) in [5.41, 5.74) is 6.11. The van der Waals surface area contributed by atoms with Crippen molar-refractivity contribution < 1.29 is 9.84 Å². The molecule has 0 saturated heterocycles. The fourth-order valence-corrected chi connectivity index (χ4v) is 7.81. The zero-order valence-corrected chi connectivity index (χ0v) is 20.3. The van der Waals surface area contributed by atoms with E-state index in [0.29, 0.717) is 24.2 Å². The molecule has 1 heterocycles. The topological polar surface area (TPSA) is 71.0 Å². The lowest BCUT2D eigenvalue weighted by atomic mass is 9.52. The number of nitriles is 1. The summed E-state index contributed by atoms with van der Waals surface area (Å²) in [6.07, 6.45) is 10.1. The Kier molecular flexibility index (Phi) is 5.23. The largest absolute Gasteiger partial charge is 0.619 e. The minimum absolute atomic E-state index is 0.0713. The van der Waals surface area contributed by atoms with Gasteiger partial charge < -0.3 is 10.3 Å². The number of nitrogens with zero attached hydrogens (tertiary/aromatic N) is 2. The molecule has 4 nitrogen and oxygen atoms in total. The second-order valence-electron chi connectivity index (χ2n) is 11.3. The van der Waals surface area contributed by atoms with Gasteiger partial charge in [-0.1, -0.05) is 37.3 Å². The summed E-state index contributed by atoms with van der Waals surface area (Å²) in [7, 11) is 0. The van der Waals surface area contributed by atoms with Crippen molar-refractivity contribution in [3.05, 3.63) is 94.5 Å². The van der Waals surface area contributed by atoms with E-state index in [1.807, 2.05) is 18.2 Å². The second kappa shape index (κ2) is 8.21. The molecule has 3 aliphatic carbocycles. The SMILES string of the molecule is C[C@]12CC[C@@H]3c4ccc(C#N)cc4CC[C@H]3[C@@H]1CC[C@@]2(O)Cc1ccc(-c2cc[n+]([O-])cc2)cc1. The summed E-state index contributed by atoms with van der Waals surface area (Å²) >= 11 is 0. The van der Waals surface area contributed by atoms with Crippen molar-refractivity contribution in [2.24, 2.45) is 17.3 Å². The monoisotopic (exact) mass is 464 g/mol. The summed E-state index contributed by atoms with van der Waals surface area (Å²) in [4.78, 5) is 0. The average molecular weight is 465 g/mol. The second-order valence-corrected chi connectivity index (χ2v) is 11.3. The number of aliphatic hydroxyl groups is 1. The smallest absolute Gasteiger partial charge is 0.180 e. The Labute approximate surface area is 207 Å². The van der Waals surface area contributed by atoms with Crippen molar-refractivity contribution in [3.8, 4) is 17.2 Å². The van der Waals surface area contributed by atoms with E-state index in [1.54, 1.807) is 0 Å². The maximum Gasteiger partial charge on any atom is 0.180 e. The van der Waals surface area contributed by atoms with Gasteiger partial charge in [0.2, 0.25) is 0 Å². The van der Waals surface area contributed by atoms with E-state index in [0.717, 1.165) is 59.9 Å². The molecule has 2 fully saturated rings. The highest BCUT2D eigenvalue weighted by Gasteiger charge is 2.61. The van der Waals surface area contributed by atoms with Gasteiger partial charge in [0.15, 0.2) is 12.4 Å². The highest BCUT2D eigenvalue weighted by molar-refractivity contribution is 5.62. The Morgan fingerprint density at radius 3 is 2.49 bits per heavy atom. The maximum absolute atomic E-state index is 12.1. The van der Waals surface area contributed by atoms with E-state index in [9.17, 15) is 15.6 Å². The van der Waals surface area contributed by atoms with Gasteiger partial charge >= 0.3 is 0 Å². The minimum Gasteiger partial charge on any atom is -0.619 e. The van der Waals surface area contributed by atoms with Gasteiger partial charge in [-0.25, -0.2) is 0 Å². The van der Waals surface area contributed by atoms with E-state index < -0.39 is 5.60 Å². The van der Waals surface area contributed by atoms with Gasteiger partial charge in [0.1, 0.15) is 0 Å². The molecule has 0 bridgehead atoms. The number of aromatic nitrogens is 1.